The molecule has 0 aromatic heterocycles. The monoisotopic (exact) mass is 270 g/mol. The lowest BCUT2D eigenvalue weighted by atomic mass is 9.88. The van der Waals surface area contributed by atoms with Crippen molar-refractivity contribution in [3.8, 4) is 0 Å². The lowest BCUT2D eigenvalue weighted by molar-refractivity contribution is -0.184. The maximum atomic E-state index is 12.0. The number of ether oxygens (including phenoxy) is 2. The first-order chi connectivity index (χ1) is 8.95. The Labute approximate surface area is 115 Å². The highest BCUT2D eigenvalue weighted by molar-refractivity contribution is 5.80. The Hall–Kier alpha value is -0.650. The van der Waals surface area contributed by atoms with Gasteiger partial charge in [-0.1, -0.05) is 0 Å². The van der Waals surface area contributed by atoms with E-state index >= 15 is 0 Å². The first-order valence-corrected chi connectivity index (χ1v) is 7.16. The summed E-state index contributed by atoms with van der Waals surface area (Å²) in [5.74, 6) is -0.150. The second kappa shape index (κ2) is 5.77. The fourth-order valence-electron chi connectivity index (χ4n) is 3.10. The van der Waals surface area contributed by atoms with Crippen molar-refractivity contribution in [2.45, 2.75) is 50.5 Å². The molecule has 1 aliphatic heterocycles. The molecule has 0 aromatic rings. The van der Waals surface area contributed by atoms with E-state index < -0.39 is 0 Å². The SMILES string of the molecule is CC(C(=O)N(C)C)N(C)C1CCC2(CC1)OCCO2. The van der Waals surface area contributed by atoms with E-state index in [1.54, 1.807) is 4.90 Å². The van der Waals surface area contributed by atoms with E-state index in [1.165, 1.54) is 0 Å². The molecule has 1 amide bonds. The molecule has 1 aliphatic carbocycles. The van der Waals surface area contributed by atoms with Crippen molar-refractivity contribution in [1.29, 1.82) is 0 Å². The molecule has 2 aliphatic rings. The molecule has 1 atom stereocenters. The molecule has 1 heterocycles. The minimum atomic E-state index is -0.313. The Balaban J connectivity index is 1.88. The van der Waals surface area contributed by atoms with Gasteiger partial charge in [0.2, 0.25) is 5.91 Å². The van der Waals surface area contributed by atoms with Crippen LogP contribution in [-0.2, 0) is 14.3 Å². The van der Waals surface area contributed by atoms with Gasteiger partial charge in [-0.3, -0.25) is 9.69 Å². The van der Waals surface area contributed by atoms with E-state index in [-0.39, 0.29) is 17.7 Å². The van der Waals surface area contributed by atoms with E-state index in [0.717, 1.165) is 38.9 Å². The Morgan fingerprint density at radius 2 is 1.68 bits per heavy atom. The zero-order valence-electron chi connectivity index (χ0n) is 12.5. The summed E-state index contributed by atoms with van der Waals surface area (Å²) in [5, 5.41) is 0. The van der Waals surface area contributed by atoms with Gasteiger partial charge in [0.1, 0.15) is 0 Å². The Kier molecular flexibility index (Phi) is 4.48. The summed E-state index contributed by atoms with van der Waals surface area (Å²) < 4.78 is 11.5. The molecule has 0 N–H and O–H groups in total. The van der Waals surface area contributed by atoms with Crippen molar-refractivity contribution in [1.82, 2.24) is 9.80 Å². The molecule has 0 bridgehead atoms. The fraction of sp³-hybridized carbons (Fsp3) is 0.929. The molecule has 2 rings (SSSR count). The van der Waals surface area contributed by atoms with Gasteiger partial charge < -0.3 is 14.4 Å². The lowest BCUT2D eigenvalue weighted by Crippen LogP contribution is -2.50. The molecule has 0 radical (unpaired) electrons. The average Bonchev–Trinajstić information content (AvgIpc) is 2.85. The number of nitrogens with zero attached hydrogens (tertiary/aromatic N) is 2. The van der Waals surface area contributed by atoms with Crippen molar-refractivity contribution in [2.75, 3.05) is 34.4 Å². The average molecular weight is 270 g/mol. The Bertz CT molecular complexity index is 317. The van der Waals surface area contributed by atoms with Gasteiger partial charge in [-0.05, 0) is 26.8 Å². The largest absolute Gasteiger partial charge is 0.348 e. The summed E-state index contributed by atoms with van der Waals surface area (Å²) >= 11 is 0. The van der Waals surface area contributed by atoms with E-state index in [0.29, 0.717) is 6.04 Å². The second-order valence-electron chi connectivity index (χ2n) is 5.91. The van der Waals surface area contributed by atoms with Crippen LogP contribution < -0.4 is 0 Å². The second-order valence-corrected chi connectivity index (χ2v) is 5.91. The first kappa shape index (κ1) is 14.8. The van der Waals surface area contributed by atoms with Gasteiger partial charge in [0.25, 0.3) is 0 Å². The molecule has 1 unspecified atom stereocenters. The summed E-state index contributed by atoms with van der Waals surface area (Å²) in [7, 11) is 5.66. The summed E-state index contributed by atoms with van der Waals surface area (Å²) in [5.41, 5.74) is 0. The van der Waals surface area contributed by atoms with E-state index in [2.05, 4.69) is 4.90 Å². The zero-order chi connectivity index (χ0) is 14.0. The maximum absolute atomic E-state index is 12.0. The van der Waals surface area contributed by atoms with Crippen LogP contribution in [0.3, 0.4) is 0 Å². The normalized spacial score (nSPS) is 24.9. The van der Waals surface area contributed by atoms with E-state index in [4.69, 9.17) is 9.47 Å². The van der Waals surface area contributed by atoms with Gasteiger partial charge in [0, 0.05) is 33.0 Å². The summed E-state index contributed by atoms with van der Waals surface area (Å²) in [6, 6.07) is 0.372. The maximum Gasteiger partial charge on any atom is 0.239 e. The van der Waals surface area contributed by atoms with Gasteiger partial charge in [-0.2, -0.15) is 0 Å². The molecule has 110 valence electrons. The minimum absolute atomic E-state index is 0.0699. The summed E-state index contributed by atoms with van der Waals surface area (Å²) in [6.45, 7) is 3.42. The van der Waals surface area contributed by atoms with Crippen LogP contribution in [0.5, 0.6) is 0 Å². The predicted molar refractivity (Wildman–Crippen MR) is 72.8 cm³/mol. The van der Waals surface area contributed by atoms with Crippen LogP contribution in [0.4, 0.5) is 0 Å². The quantitative estimate of drug-likeness (QED) is 0.769. The van der Waals surface area contributed by atoms with E-state index in [9.17, 15) is 4.79 Å². The fourth-order valence-corrected chi connectivity index (χ4v) is 3.10. The molecular weight excluding hydrogens is 244 g/mol. The van der Waals surface area contributed by atoms with Crippen molar-refractivity contribution in [3.63, 3.8) is 0 Å². The zero-order valence-corrected chi connectivity index (χ0v) is 12.5. The van der Waals surface area contributed by atoms with Crippen LogP contribution in [0.1, 0.15) is 32.6 Å². The van der Waals surface area contributed by atoms with E-state index in [1.807, 2.05) is 28.1 Å². The smallest absolute Gasteiger partial charge is 0.239 e. The molecule has 1 saturated heterocycles. The van der Waals surface area contributed by atoms with Crippen LogP contribution in [0.2, 0.25) is 0 Å². The third-order valence-corrected chi connectivity index (χ3v) is 4.52. The highest BCUT2D eigenvalue weighted by Gasteiger charge is 2.42. The third kappa shape index (κ3) is 3.09. The van der Waals surface area contributed by atoms with Gasteiger partial charge in [-0.25, -0.2) is 0 Å². The van der Waals surface area contributed by atoms with Gasteiger partial charge in [0.15, 0.2) is 5.79 Å². The number of hydrogen-bond acceptors (Lipinski definition) is 4. The lowest BCUT2D eigenvalue weighted by Gasteiger charge is -2.41. The van der Waals surface area contributed by atoms with Gasteiger partial charge >= 0.3 is 0 Å². The topological polar surface area (TPSA) is 42.0 Å². The molecule has 5 nitrogen and oxygen atoms in total. The Morgan fingerprint density at radius 3 is 2.16 bits per heavy atom. The van der Waals surface area contributed by atoms with Crippen molar-refractivity contribution in [3.05, 3.63) is 0 Å². The number of amides is 1. The molecule has 0 aromatic carbocycles. The Morgan fingerprint density at radius 1 is 1.16 bits per heavy atom. The van der Waals surface area contributed by atoms with Crippen LogP contribution in [0.25, 0.3) is 0 Å². The third-order valence-electron chi connectivity index (χ3n) is 4.52. The highest BCUT2D eigenvalue weighted by atomic mass is 16.7. The highest BCUT2D eigenvalue weighted by Crippen LogP contribution is 2.37. The van der Waals surface area contributed by atoms with Crippen LogP contribution in [-0.4, -0.2) is 67.9 Å². The van der Waals surface area contributed by atoms with Crippen LogP contribution >= 0.6 is 0 Å². The molecule has 19 heavy (non-hydrogen) atoms. The molecule has 1 spiro atoms. The molecule has 2 fully saturated rings. The molecular formula is C14H26N2O3. The number of carbonyl (C=O) groups excluding carboxylic acids is 1. The minimum Gasteiger partial charge on any atom is -0.348 e. The van der Waals surface area contributed by atoms with Crippen LogP contribution in [0, 0.1) is 0 Å². The van der Waals surface area contributed by atoms with Crippen molar-refractivity contribution in [2.24, 2.45) is 0 Å². The van der Waals surface area contributed by atoms with Crippen LogP contribution in [0.15, 0.2) is 0 Å². The number of rotatable bonds is 3. The number of carbonyl (C=O) groups is 1. The van der Waals surface area contributed by atoms with Gasteiger partial charge in [0.05, 0.1) is 19.3 Å². The van der Waals surface area contributed by atoms with Crippen molar-refractivity contribution < 1.29 is 14.3 Å². The number of hydrogen-bond donors (Lipinski definition) is 0. The summed E-state index contributed by atoms with van der Waals surface area (Å²) in [6.07, 6.45) is 3.93. The molecule has 1 saturated carbocycles. The first-order valence-electron chi connectivity index (χ1n) is 7.16. The summed E-state index contributed by atoms with van der Waals surface area (Å²) in [4.78, 5) is 15.9. The predicted octanol–water partition coefficient (Wildman–Crippen LogP) is 1.08. The molecule has 5 heteroatoms. The van der Waals surface area contributed by atoms with Crippen molar-refractivity contribution >= 4 is 5.91 Å². The number of likely N-dealkylation sites (N-methyl/N-ethyl adjacent to an activating group) is 2. The van der Waals surface area contributed by atoms with Gasteiger partial charge in [-0.15, -0.1) is 0 Å². The standard InChI is InChI=1S/C14H26N2O3/c1-11(13(17)15(2)3)16(4)12-5-7-14(8-6-12)18-9-10-19-14/h11-12H,5-10H2,1-4H3.